The summed E-state index contributed by atoms with van der Waals surface area (Å²) < 4.78 is 5.66. The van der Waals surface area contributed by atoms with E-state index in [4.69, 9.17) is 45.3 Å². The molecule has 106 valence electrons. The van der Waals surface area contributed by atoms with Crippen molar-refractivity contribution in [1.82, 2.24) is 0 Å². The third-order valence-corrected chi connectivity index (χ3v) is 3.84. The lowest BCUT2D eigenvalue weighted by atomic mass is 10.1. The maximum Gasteiger partial charge on any atom is 0.139 e. The van der Waals surface area contributed by atoms with E-state index in [1.807, 2.05) is 24.3 Å². The molecule has 0 amide bonds. The number of ether oxygens (including phenoxy) is 1. The molecule has 20 heavy (non-hydrogen) atoms. The highest BCUT2D eigenvalue weighted by molar-refractivity contribution is 6.43. The molecule has 0 heterocycles. The smallest absolute Gasteiger partial charge is 0.139 e. The van der Waals surface area contributed by atoms with Gasteiger partial charge in [-0.3, -0.25) is 0 Å². The van der Waals surface area contributed by atoms with Gasteiger partial charge in [-0.15, -0.1) is 0 Å². The lowest BCUT2D eigenvalue weighted by Crippen LogP contribution is -2.03. The van der Waals surface area contributed by atoms with Crippen molar-refractivity contribution in [2.75, 3.05) is 6.54 Å². The zero-order valence-electron chi connectivity index (χ0n) is 10.7. The molecule has 0 aliphatic rings. The van der Waals surface area contributed by atoms with E-state index in [1.54, 1.807) is 12.1 Å². The highest BCUT2D eigenvalue weighted by atomic mass is 35.5. The van der Waals surface area contributed by atoms with Crippen molar-refractivity contribution in [2.24, 2.45) is 5.73 Å². The third kappa shape index (κ3) is 4.03. The van der Waals surface area contributed by atoms with E-state index in [0.717, 1.165) is 12.0 Å². The number of nitrogens with two attached hydrogens (primary N) is 1. The molecule has 0 unspecified atom stereocenters. The molecule has 0 aromatic heterocycles. The first-order chi connectivity index (χ1) is 9.60. The Hall–Kier alpha value is -0.930. The van der Waals surface area contributed by atoms with Crippen LogP contribution in [0.15, 0.2) is 36.4 Å². The Balaban J connectivity index is 2.03. The van der Waals surface area contributed by atoms with Gasteiger partial charge in [-0.2, -0.15) is 0 Å². The molecular weight excluding hydrogens is 317 g/mol. The molecular formula is C15H14Cl3NO. The SMILES string of the molecule is NCCc1ccc(COc2cc(Cl)c(Cl)cc2Cl)cc1. The van der Waals surface area contributed by atoms with Gasteiger partial charge in [0.25, 0.3) is 0 Å². The minimum absolute atomic E-state index is 0.412. The largest absolute Gasteiger partial charge is 0.487 e. The monoisotopic (exact) mass is 329 g/mol. The summed E-state index contributed by atoms with van der Waals surface area (Å²) in [5.41, 5.74) is 7.77. The van der Waals surface area contributed by atoms with Crippen LogP contribution in [0.3, 0.4) is 0 Å². The fraction of sp³-hybridized carbons (Fsp3) is 0.200. The van der Waals surface area contributed by atoms with Crippen LogP contribution in [0.25, 0.3) is 0 Å². The molecule has 0 spiro atoms. The van der Waals surface area contributed by atoms with Crippen LogP contribution < -0.4 is 10.5 Å². The van der Waals surface area contributed by atoms with Gasteiger partial charge in [0.05, 0.1) is 15.1 Å². The van der Waals surface area contributed by atoms with E-state index in [2.05, 4.69) is 0 Å². The molecule has 0 radical (unpaired) electrons. The Morgan fingerprint density at radius 2 is 1.45 bits per heavy atom. The molecule has 2 N–H and O–H groups in total. The van der Waals surface area contributed by atoms with Crippen molar-refractivity contribution in [3.05, 3.63) is 62.6 Å². The molecule has 0 aliphatic heterocycles. The third-order valence-electron chi connectivity index (χ3n) is 2.83. The van der Waals surface area contributed by atoms with Crippen molar-refractivity contribution >= 4 is 34.8 Å². The van der Waals surface area contributed by atoms with Crippen LogP contribution >= 0.6 is 34.8 Å². The maximum absolute atomic E-state index is 6.05. The molecule has 0 bridgehead atoms. The average molecular weight is 331 g/mol. The lowest BCUT2D eigenvalue weighted by Gasteiger charge is -2.10. The Morgan fingerprint density at radius 3 is 2.10 bits per heavy atom. The van der Waals surface area contributed by atoms with E-state index >= 15 is 0 Å². The summed E-state index contributed by atoms with van der Waals surface area (Å²) in [6.07, 6.45) is 0.875. The Kier molecular flexibility index (Phi) is 5.55. The molecule has 0 fully saturated rings. The molecule has 2 aromatic rings. The predicted molar refractivity (Wildman–Crippen MR) is 85.0 cm³/mol. The fourth-order valence-corrected chi connectivity index (χ4v) is 2.34. The summed E-state index contributed by atoms with van der Waals surface area (Å²) in [6.45, 7) is 1.06. The van der Waals surface area contributed by atoms with Gasteiger partial charge in [0.15, 0.2) is 0 Å². The van der Waals surface area contributed by atoms with Crippen LogP contribution in [0.4, 0.5) is 0 Å². The normalized spacial score (nSPS) is 10.6. The minimum atomic E-state index is 0.412. The second-order valence-electron chi connectivity index (χ2n) is 4.34. The zero-order valence-corrected chi connectivity index (χ0v) is 13.0. The number of hydrogen-bond acceptors (Lipinski definition) is 2. The van der Waals surface area contributed by atoms with Gasteiger partial charge >= 0.3 is 0 Å². The van der Waals surface area contributed by atoms with Crippen LogP contribution in [0, 0.1) is 0 Å². The van der Waals surface area contributed by atoms with E-state index < -0.39 is 0 Å². The van der Waals surface area contributed by atoms with E-state index in [0.29, 0.717) is 34.0 Å². The van der Waals surface area contributed by atoms with Gasteiger partial charge in [0, 0.05) is 6.07 Å². The predicted octanol–water partition coefficient (Wildman–Crippen LogP) is 4.73. The van der Waals surface area contributed by atoms with Crippen molar-refractivity contribution in [3.8, 4) is 5.75 Å². The van der Waals surface area contributed by atoms with Gasteiger partial charge < -0.3 is 10.5 Å². The summed E-state index contributed by atoms with van der Waals surface area (Å²) in [6, 6.07) is 11.3. The van der Waals surface area contributed by atoms with Crippen molar-refractivity contribution < 1.29 is 4.74 Å². The highest BCUT2D eigenvalue weighted by Gasteiger charge is 2.07. The first-order valence-electron chi connectivity index (χ1n) is 6.15. The molecule has 2 rings (SSSR count). The Morgan fingerprint density at radius 1 is 0.850 bits per heavy atom. The summed E-state index contributed by atoms with van der Waals surface area (Å²) >= 11 is 17.9. The quantitative estimate of drug-likeness (QED) is 0.805. The van der Waals surface area contributed by atoms with Crippen molar-refractivity contribution in [2.45, 2.75) is 13.0 Å². The van der Waals surface area contributed by atoms with Crippen LogP contribution in [-0.4, -0.2) is 6.54 Å². The Bertz CT molecular complexity index is 584. The van der Waals surface area contributed by atoms with Gasteiger partial charge in [0.2, 0.25) is 0 Å². The molecule has 2 aromatic carbocycles. The second-order valence-corrected chi connectivity index (χ2v) is 5.56. The zero-order chi connectivity index (χ0) is 14.5. The van der Waals surface area contributed by atoms with Crippen LogP contribution in [0.5, 0.6) is 5.75 Å². The van der Waals surface area contributed by atoms with Gasteiger partial charge in [-0.25, -0.2) is 0 Å². The lowest BCUT2D eigenvalue weighted by molar-refractivity contribution is 0.306. The second kappa shape index (κ2) is 7.19. The Labute approximate surface area is 133 Å². The molecule has 2 nitrogen and oxygen atoms in total. The van der Waals surface area contributed by atoms with Crippen molar-refractivity contribution in [3.63, 3.8) is 0 Å². The first kappa shape index (κ1) is 15.5. The van der Waals surface area contributed by atoms with Gasteiger partial charge in [-0.05, 0) is 30.2 Å². The van der Waals surface area contributed by atoms with E-state index in [-0.39, 0.29) is 0 Å². The number of halogens is 3. The van der Waals surface area contributed by atoms with E-state index in [1.165, 1.54) is 5.56 Å². The summed E-state index contributed by atoms with van der Waals surface area (Å²) in [5.74, 6) is 0.520. The van der Waals surface area contributed by atoms with Crippen LogP contribution in [0.2, 0.25) is 15.1 Å². The summed E-state index contributed by atoms with van der Waals surface area (Å²) in [5, 5.41) is 1.28. The number of rotatable bonds is 5. The maximum atomic E-state index is 6.05. The first-order valence-corrected chi connectivity index (χ1v) is 7.29. The fourth-order valence-electron chi connectivity index (χ4n) is 1.74. The molecule has 5 heteroatoms. The topological polar surface area (TPSA) is 35.2 Å². The van der Waals surface area contributed by atoms with Gasteiger partial charge in [0.1, 0.15) is 12.4 Å². The molecule has 0 saturated heterocycles. The molecule has 0 atom stereocenters. The standard InChI is InChI=1S/C15H14Cl3NO/c16-12-7-14(18)15(8-13(12)17)20-9-11-3-1-10(2-4-11)5-6-19/h1-4,7-8H,5-6,9,19H2. The highest BCUT2D eigenvalue weighted by Crippen LogP contribution is 2.34. The number of benzene rings is 2. The van der Waals surface area contributed by atoms with Gasteiger partial charge in [-0.1, -0.05) is 59.1 Å². The minimum Gasteiger partial charge on any atom is -0.487 e. The molecule has 0 saturated carbocycles. The average Bonchev–Trinajstić information content (AvgIpc) is 2.43. The summed E-state index contributed by atoms with van der Waals surface area (Å²) in [7, 11) is 0. The van der Waals surface area contributed by atoms with Crippen LogP contribution in [0.1, 0.15) is 11.1 Å². The van der Waals surface area contributed by atoms with Crippen molar-refractivity contribution in [1.29, 1.82) is 0 Å². The van der Waals surface area contributed by atoms with Crippen LogP contribution in [-0.2, 0) is 13.0 Å². The number of hydrogen-bond donors (Lipinski definition) is 1. The molecule has 0 aliphatic carbocycles. The summed E-state index contributed by atoms with van der Waals surface area (Å²) in [4.78, 5) is 0. The van der Waals surface area contributed by atoms with E-state index in [9.17, 15) is 0 Å².